The summed E-state index contributed by atoms with van der Waals surface area (Å²) in [7, 11) is 0. The topological polar surface area (TPSA) is 66.0 Å². The average molecular weight is 360 g/mol. The van der Waals surface area contributed by atoms with Gasteiger partial charge in [-0.05, 0) is 62.1 Å². The molecule has 0 aliphatic carbocycles. The molecule has 2 heterocycles. The summed E-state index contributed by atoms with van der Waals surface area (Å²) in [5.41, 5.74) is 5.57. The van der Waals surface area contributed by atoms with Crippen molar-refractivity contribution in [1.82, 2.24) is 15.2 Å². The minimum absolute atomic E-state index is 0.478. The lowest BCUT2D eigenvalue weighted by molar-refractivity contribution is 0.949. The van der Waals surface area contributed by atoms with Gasteiger partial charge in [-0.2, -0.15) is 10.1 Å². The Kier molecular flexibility index (Phi) is 4.87. The van der Waals surface area contributed by atoms with Crippen molar-refractivity contribution in [3.8, 4) is 0 Å². The molecule has 1 aliphatic heterocycles. The third-order valence-corrected chi connectivity index (χ3v) is 4.89. The predicted molar refractivity (Wildman–Crippen MR) is 110 cm³/mol. The maximum absolute atomic E-state index is 4.54. The summed E-state index contributed by atoms with van der Waals surface area (Å²) in [6.07, 6.45) is 4.19. The van der Waals surface area contributed by atoms with Crippen LogP contribution < -0.4 is 15.5 Å². The zero-order valence-electron chi connectivity index (χ0n) is 15.7. The maximum Gasteiger partial charge on any atom is 0.249 e. The molecule has 4 rings (SSSR count). The summed E-state index contributed by atoms with van der Waals surface area (Å²) in [6, 6.07) is 14.6. The Morgan fingerprint density at radius 3 is 2.30 bits per heavy atom. The molecule has 1 aromatic heterocycles. The van der Waals surface area contributed by atoms with Gasteiger partial charge < -0.3 is 15.5 Å². The van der Waals surface area contributed by atoms with Crippen molar-refractivity contribution in [2.24, 2.45) is 0 Å². The van der Waals surface area contributed by atoms with Crippen LogP contribution in [0.1, 0.15) is 24.0 Å². The van der Waals surface area contributed by atoms with Crippen LogP contribution in [-0.4, -0.2) is 28.3 Å². The van der Waals surface area contributed by atoms with E-state index < -0.39 is 0 Å². The SMILES string of the molecule is Cc1cccc(C)c1Nc1nncc(Nc2ccc(N3CCCC3)cc2)n1. The van der Waals surface area contributed by atoms with Crippen LogP contribution in [0.4, 0.5) is 28.8 Å². The van der Waals surface area contributed by atoms with Crippen LogP contribution >= 0.6 is 0 Å². The van der Waals surface area contributed by atoms with E-state index in [-0.39, 0.29) is 0 Å². The summed E-state index contributed by atoms with van der Waals surface area (Å²) in [5, 5.41) is 14.8. The Balaban J connectivity index is 1.48. The first-order chi connectivity index (χ1) is 13.2. The highest BCUT2D eigenvalue weighted by molar-refractivity contribution is 5.64. The van der Waals surface area contributed by atoms with Gasteiger partial charge in [-0.15, -0.1) is 5.10 Å². The van der Waals surface area contributed by atoms with Crippen LogP contribution in [0.25, 0.3) is 0 Å². The summed E-state index contributed by atoms with van der Waals surface area (Å²) in [4.78, 5) is 6.96. The van der Waals surface area contributed by atoms with Gasteiger partial charge in [0.1, 0.15) is 0 Å². The molecule has 1 fully saturated rings. The molecule has 1 aliphatic rings. The minimum Gasteiger partial charge on any atom is -0.372 e. The largest absolute Gasteiger partial charge is 0.372 e. The Morgan fingerprint density at radius 1 is 0.889 bits per heavy atom. The van der Waals surface area contributed by atoms with Crippen molar-refractivity contribution in [2.45, 2.75) is 26.7 Å². The second-order valence-electron chi connectivity index (χ2n) is 6.92. The molecule has 0 bridgehead atoms. The lowest BCUT2D eigenvalue weighted by atomic mass is 10.1. The number of aromatic nitrogens is 3. The Hall–Kier alpha value is -3.15. The van der Waals surface area contributed by atoms with Gasteiger partial charge in [0.2, 0.25) is 5.95 Å². The zero-order chi connectivity index (χ0) is 18.6. The van der Waals surface area contributed by atoms with Crippen molar-refractivity contribution in [3.05, 3.63) is 59.8 Å². The summed E-state index contributed by atoms with van der Waals surface area (Å²) in [6.45, 7) is 6.42. The van der Waals surface area contributed by atoms with Gasteiger partial charge in [-0.25, -0.2) is 0 Å². The summed E-state index contributed by atoms with van der Waals surface area (Å²) >= 11 is 0. The number of nitrogens with zero attached hydrogens (tertiary/aromatic N) is 4. The fourth-order valence-corrected chi connectivity index (χ4v) is 3.42. The zero-order valence-corrected chi connectivity index (χ0v) is 15.7. The molecule has 6 nitrogen and oxygen atoms in total. The van der Waals surface area contributed by atoms with E-state index in [4.69, 9.17) is 0 Å². The molecule has 27 heavy (non-hydrogen) atoms. The van der Waals surface area contributed by atoms with Gasteiger partial charge in [-0.3, -0.25) is 0 Å². The second-order valence-corrected chi connectivity index (χ2v) is 6.92. The van der Waals surface area contributed by atoms with E-state index in [0.717, 1.165) is 35.6 Å². The van der Waals surface area contributed by atoms with E-state index >= 15 is 0 Å². The molecule has 0 unspecified atom stereocenters. The highest BCUT2D eigenvalue weighted by Gasteiger charge is 2.12. The van der Waals surface area contributed by atoms with E-state index in [0.29, 0.717) is 11.8 Å². The lowest BCUT2D eigenvalue weighted by Gasteiger charge is -2.18. The standard InChI is InChI=1S/C21H24N6/c1-15-6-5-7-16(2)20(15)25-21-24-19(14-22-26-21)23-17-8-10-18(11-9-17)27-12-3-4-13-27/h5-11,14H,3-4,12-13H2,1-2H3,(H2,23,24,25,26). The molecule has 0 radical (unpaired) electrons. The minimum atomic E-state index is 0.478. The van der Waals surface area contributed by atoms with E-state index in [1.807, 2.05) is 6.07 Å². The van der Waals surface area contributed by atoms with Crippen LogP contribution in [0.5, 0.6) is 0 Å². The number of para-hydroxylation sites is 1. The Bertz CT molecular complexity index is 896. The van der Waals surface area contributed by atoms with Crippen molar-refractivity contribution >= 4 is 28.8 Å². The highest BCUT2D eigenvalue weighted by Crippen LogP contribution is 2.25. The van der Waals surface area contributed by atoms with Gasteiger partial charge in [0.05, 0.1) is 6.20 Å². The lowest BCUT2D eigenvalue weighted by Crippen LogP contribution is -2.17. The van der Waals surface area contributed by atoms with Gasteiger partial charge in [0.25, 0.3) is 0 Å². The van der Waals surface area contributed by atoms with Crippen molar-refractivity contribution < 1.29 is 0 Å². The van der Waals surface area contributed by atoms with Crippen LogP contribution in [0.2, 0.25) is 0 Å². The monoisotopic (exact) mass is 360 g/mol. The molecule has 2 N–H and O–H groups in total. The number of aryl methyl sites for hydroxylation is 2. The first kappa shape index (κ1) is 17.3. The first-order valence-electron chi connectivity index (χ1n) is 9.34. The van der Waals surface area contributed by atoms with Crippen molar-refractivity contribution in [1.29, 1.82) is 0 Å². The van der Waals surface area contributed by atoms with Gasteiger partial charge in [0.15, 0.2) is 5.82 Å². The van der Waals surface area contributed by atoms with Crippen LogP contribution in [0, 0.1) is 13.8 Å². The van der Waals surface area contributed by atoms with Gasteiger partial charge in [-0.1, -0.05) is 18.2 Å². The smallest absolute Gasteiger partial charge is 0.249 e. The van der Waals surface area contributed by atoms with E-state index in [1.54, 1.807) is 6.20 Å². The van der Waals surface area contributed by atoms with Crippen LogP contribution in [0.3, 0.4) is 0 Å². The fraction of sp³-hybridized carbons (Fsp3) is 0.286. The van der Waals surface area contributed by atoms with Gasteiger partial charge >= 0.3 is 0 Å². The van der Waals surface area contributed by atoms with Gasteiger partial charge in [0, 0.05) is 30.2 Å². The average Bonchev–Trinajstić information content (AvgIpc) is 3.21. The Labute approximate surface area is 159 Å². The highest BCUT2D eigenvalue weighted by atomic mass is 15.3. The Morgan fingerprint density at radius 2 is 1.59 bits per heavy atom. The molecule has 0 amide bonds. The predicted octanol–water partition coefficient (Wildman–Crippen LogP) is 4.58. The molecular weight excluding hydrogens is 336 g/mol. The molecule has 0 saturated carbocycles. The number of benzene rings is 2. The van der Waals surface area contributed by atoms with E-state index in [2.05, 4.69) is 81.0 Å². The first-order valence-corrected chi connectivity index (χ1v) is 9.34. The third kappa shape index (κ3) is 4.00. The molecule has 3 aromatic rings. The van der Waals surface area contributed by atoms with Crippen molar-refractivity contribution in [3.63, 3.8) is 0 Å². The quantitative estimate of drug-likeness (QED) is 0.694. The van der Waals surface area contributed by atoms with E-state index in [1.165, 1.54) is 18.5 Å². The maximum atomic E-state index is 4.54. The number of hydrogen-bond donors (Lipinski definition) is 2. The summed E-state index contributed by atoms with van der Waals surface area (Å²) < 4.78 is 0. The molecule has 6 heteroatoms. The number of nitrogens with one attached hydrogen (secondary N) is 2. The number of anilines is 5. The summed E-state index contributed by atoms with van der Waals surface area (Å²) in [5.74, 6) is 1.14. The number of hydrogen-bond acceptors (Lipinski definition) is 6. The van der Waals surface area contributed by atoms with Crippen LogP contribution in [0.15, 0.2) is 48.7 Å². The molecule has 1 saturated heterocycles. The molecule has 0 spiro atoms. The third-order valence-electron chi connectivity index (χ3n) is 4.89. The normalized spacial score (nSPS) is 13.6. The second kappa shape index (κ2) is 7.61. The molecule has 138 valence electrons. The number of rotatable bonds is 5. The fourth-order valence-electron chi connectivity index (χ4n) is 3.42. The molecule has 2 aromatic carbocycles. The molecular formula is C21H24N6. The van der Waals surface area contributed by atoms with E-state index in [9.17, 15) is 0 Å². The van der Waals surface area contributed by atoms with Crippen LogP contribution in [-0.2, 0) is 0 Å². The van der Waals surface area contributed by atoms with Crippen molar-refractivity contribution in [2.75, 3.05) is 28.6 Å². The molecule has 0 atom stereocenters.